The van der Waals surface area contributed by atoms with Crippen molar-refractivity contribution in [2.24, 2.45) is 4.99 Å². The van der Waals surface area contributed by atoms with Gasteiger partial charge >= 0.3 is 5.97 Å². The van der Waals surface area contributed by atoms with Crippen LogP contribution < -0.4 is 10.6 Å². The maximum absolute atomic E-state index is 11.0. The summed E-state index contributed by atoms with van der Waals surface area (Å²) in [6.07, 6.45) is 2.21. The Kier molecular flexibility index (Phi) is 12.4. The average Bonchev–Trinajstić information content (AvgIpc) is 2.97. The van der Waals surface area contributed by atoms with Gasteiger partial charge in [0.2, 0.25) is 0 Å². The van der Waals surface area contributed by atoms with Crippen LogP contribution >= 0.6 is 35.3 Å². The lowest BCUT2D eigenvalue weighted by Gasteiger charge is -2.10. The van der Waals surface area contributed by atoms with Crippen LogP contribution in [0.3, 0.4) is 0 Å². The maximum Gasteiger partial charge on any atom is 0.305 e. The Bertz CT molecular complexity index is 410. The van der Waals surface area contributed by atoms with E-state index in [1.165, 1.54) is 12.7 Å². The molecule has 0 unspecified atom stereocenters. The summed E-state index contributed by atoms with van der Waals surface area (Å²) in [5.74, 6) is 0.666. The number of carbonyl (C=O) groups is 1. The molecule has 0 aliphatic rings. The number of unbranched alkanes of at least 4 members (excludes halogenated alkanes) is 1. The van der Waals surface area contributed by atoms with Gasteiger partial charge in [0.05, 0.1) is 13.7 Å². The van der Waals surface area contributed by atoms with Crippen molar-refractivity contribution in [3.63, 3.8) is 0 Å². The van der Waals surface area contributed by atoms with Gasteiger partial charge in [-0.15, -0.1) is 24.0 Å². The summed E-state index contributed by atoms with van der Waals surface area (Å²) in [6, 6.07) is 2.08. The van der Waals surface area contributed by atoms with E-state index in [-0.39, 0.29) is 29.9 Å². The molecule has 1 heterocycles. The van der Waals surface area contributed by atoms with E-state index in [4.69, 9.17) is 0 Å². The molecule has 0 spiro atoms. The highest BCUT2D eigenvalue weighted by Crippen LogP contribution is 2.06. The summed E-state index contributed by atoms with van der Waals surface area (Å²) in [5.41, 5.74) is 1.22. The van der Waals surface area contributed by atoms with Crippen LogP contribution in [0.2, 0.25) is 0 Å². The highest BCUT2D eigenvalue weighted by Gasteiger charge is 2.00. The first-order chi connectivity index (χ1) is 9.76. The molecule has 0 saturated heterocycles. The van der Waals surface area contributed by atoms with E-state index < -0.39 is 0 Å². The van der Waals surface area contributed by atoms with Crippen LogP contribution in [-0.2, 0) is 16.1 Å². The number of thiophene rings is 1. The normalized spacial score (nSPS) is 10.7. The molecule has 0 aromatic carbocycles. The monoisotopic (exact) mass is 425 g/mol. The molecule has 0 radical (unpaired) electrons. The summed E-state index contributed by atoms with van der Waals surface area (Å²) in [4.78, 5) is 15.5. The van der Waals surface area contributed by atoms with Crippen molar-refractivity contribution in [1.82, 2.24) is 10.6 Å². The first-order valence-corrected chi connectivity index (χ1v) is 7.80. The van der Waals surface area contributed by atoms with Crippen molar-refractivity contribution in [2.75, 3.05) is 20.2 Å². The third-order valence-corrected chi connectivity index (χ3v) is 3.40. The molecule has 0 atom stereocenters. The van der Waals surface area contributed by atoms with Crippen LogP contribution in [0.4, 0.5) is 0 Å². The van der Waals surface area contributed by atoms with Crippen LogP contribution in [0, 0.1) is 0 Å². The zero-order valence-electron chi connectivity index (χ0n) is 12.6. The predicted molar refractivity (Wildman–Crippen MR) is 98.4 cm³/mol. The van der Waals surface area contributed by atoms with E-state index in [0.717, 1.165) is 31.9 Å². The molecule has 1 aromatic heterocycles. The number of aliphatic imine (C=N–C) groups is 1. The second kappa shape index (κ2) is 12.9. The second-order valence-electron chi connectivity index (χ2n) is 4.29. The number of guanidine groups is 1. The van der Waals surface area contributed by atoms with E-state index in [0.29, 0.717) is 13.0 Å². The molecule has 5 nitrogen and oxygen atoms in total. The minimum absolute atomic E-state index is 0. The largest absolute Gasteiger partial charge is 0.469 e. The van der Waals surface area contributed by atoms with Gasteiger partial charge < -0.3 is 15.4 Å². The van der Waals surface area contributed by atoms with Gasteiger partial charge in [-0.2, -0.15) is 11.3 Å². The minimum Gasteiger partial charge on any atom is -0.469 e. The Labute approximate surface area is 147 Å². The fraction of sp³-hybridized carbons (Fsp3) is 0.571. The minimum atomic E-state index is -0.150. The summed E-state index contributed by atoms with van der Waals surface area (Å²) in [7, 11) is 1.42. The standard InChI is InChI=1S/C14H23N3O2S.HI/c1-3-15-14(17-10-12-7-9-20-11-12)16-8-5-4-6-13(18)19-2;/h7,9,11H,3-6,8,10H2,1-2H3,(H2,15,16,17);1H. The van der Waals surface area contributed by atoms with Gasteiger partial charge in [0.1, 0.15) is 0 Å². The van der Waals surface area contributed by atoms with Gasteiger partial charge in [-0.3, -0.25) is 4.79 Å². The fourth-order valence-electron chi connectivity index (χ4n) is 1.60. The van der Waals surface area contributed by atoms with Gasteiger partial charge in [-0.05, 0) is 42.2 Å². The molecule has 0 aliphatic heterocycles. The van der Waals surface area contributed by atoms with Crippen LogP contribution in [0.5, 0.6) is 0 Å². The van der Waals surface area contributed by atoms with Gasteiger partial charge in [0.15, 0.2) is 5.96 Å². The molecule has 0 aliphatic carbocycles. The van der Waals surface area contributed by atoms with E-state index in [1.807, 2.05) is 6.92 Å². The molecule has 0 fully saturated rings. The Morgan fingerprint density at radius 2 is 2.19 bits per heavy atom. The lowest BCUT2D eigenvalue weighted by atomic mass is 10.2. The molecule has 1 aromatic rings. The van der Waals surface area contributed by atoms with E-state index in [1.54, 1.807) is 11.3 Å². The van der Waals surface area contributed by atoms with Gasteiger partial charge in [0.25, 0.3) is 0 Å². The van der Waals surface area contributed by atoms with Gasteiger partial charge in [0, 0.05) is 19.5 Å². The third kappa shape index (κ3) is 9.67. The Morgan fingerprint density at radius 1 is 1.38 bits per heavy atom. The van der Waals surface area contributed by atoms with E-state index in [2.05, 4.69) is 37.2 Å². The molecule has 2 N–H and O–H groups in total. The van der Waals surface area contributed by atoms with Crippen LogP contribution in [0.1, 0.15) is 31.7 Å². The van der Waals surface area contributed by atoms with E-state index in [9.17, 15) is 4.79 Å². The number of hydrogen-bond acceptors (Lipinski definition) is 4. The van der Waals surface area contributed by atoms with Crippen LogP contribution in [0.15, 0.2) is 21.8 Å². The Hall–Kier alpha value is -0.830. The molecule has 1 rings (SSSR count). The smallest absolute Gasteiger partial charge is 0.305 e. The topological polar surface area (TPSA) is 62.7 Å². The molecular formula is C14H24IN3O2S. The molecular weight excluding hydrogens is 401 g/mol. The number of halogens is 1. The molecule has 0 saturated carbocycles. The number of carbonyl (C=O) groups excluding carboxylic acids is 1. The third-order valence-electron chi connectivity index (χ3n) is 2.67. The van der Waals surface area contributed by atoms with Crippen LogP contribution in [0.25, 0.3) is 0 Å². The average molecular weight is 425 g/mol. The van der Waals surface area contributed by atoms with Crippen molar-refractivity contribution in [3.8, 4) is 0 Å². The number of esters is 1. The fourth-order valence-corrected chi connectivity index (χ4v) is 2.26. The second-order valence-corrected chi connectivity index (χ2v) is 5.07. The van der Waals surface area contributed by atoms with Crippen molar-refractivity contribution >= 4 is 47.2 Å². The van der Waals surface area contributed by atoms with E-state index >= 15 is 0 Å². The summed E-state index contributed by atoms with van der Waals surface area (Å²) >= 11 is 1.68. The van der Waals surface area contributed by atoms with Crippen molar-refractivity contribution in [2.45, 2.75) is 32.7 Å². The molecule has 21 heavy (non-hydrogen) atoms. The van der Waals surface area contributed by atoms with Crippen molar-refractivity contribution in [1.29, 1.82) is 0 Å². The van der Waals surface area contributed by atoms with Gasteiger partial charge in [-0.1, -0.05) is 0 Å². The first-order valence-electron chi connectivity index (χ1n) is 6.86. The zero-order chi connectivity index (χ0) is 14.6. The molecule has 0 bridgehead atoms. The SMILES string of the molecule is CCNC(=NCc1ccsc1)NCCCCC(=O)OC.I. The van der Waals surface area contributed by atoms with Crippen molar-refractivity contribution in [3.05, 3.63) is 22.4 Å². The highest BCUT2D eigenvalue weighted by atomic mass is 127. The van der Waals surface area contributed by atoms with Gasteiger partial charge in [-0.25, -0.2) is 4.99 Å². The lowest BCUT2D eigenvalue weighted by molar-refractivity contribution is -0.140. The number of nitrogens with zero attached hydrogens (tertiary/aromatic N) is 1. The first kappa shape index (κ1) is 20.2. The lowest BCUT2D eigenvalue weighted by Crippen LogP contribution is -2.37. The quantitative estimate of drug-likeness (QED) is 0.221. The molecule has 120 valence electrons. The summed E-state index contributed by atoms with van der Waals surface area (Å²) in [6.45, 7) is 4.35. The van der Waals surface area contributed by atoms with Crippen LogP contribution in [-0.4, -0.2) is 32.1 Å². The molecule has 0 amide bonds. The number of rotatable bonds is 8. The Balaban J connectivity index is 0.00000400. The number of hydrogen-bond donors (Lipinski definition) is 2. The number of ether oxygens (including phenoxy) is 1. The predicted octanol–water partition coefficient (Wildman–Crippen LogP) is 2.76. The summed E-state index contributed by atoms with van der Waals surface area (Å²) in [5, 5.41) is 10.6. The summed E-state index contributed by atoms with van der Waals surface area (Å²) < 4.78 is 4.60. The number of methoxy groups -OCH3 is 1. The maximum atomic E-state index is 11.0. The highest BCUT2D eigenvalue weighted by molar-refractivity contribution is 14.0. The Morgan fingerprint density at radius 3 is 2.81 bits per heavy atom. The molecule has 7 heteroatoms. The zero-order valence-corrected chi connectivity index (χ0v) is 15.7. The van der Waals surface area contributed by atoms with Crippen molar-refractivity contribution < 1.29 is 9.53 Å². The number of nitrogens with one attached hydrogen (secondary N) is 2.